The van der Waals surface area contributed by atoms with Crippen LogP contribution in [0.2, 0.25) is 0 Å². The summed E-state index contributed by atoms with van der Waals surface area (Å²) >= 11 is 0. The van der Waals surface area contributed by atoms with Gasteiger partial charge in [-0.25, -0.2) is 0 Å². The number of carbonyl (C=O) groups excluding carboxylic acids is 1. The second kappa shape index (κ2) is 5.15. The molecule has 1 aromatic carbocycles. The van der Waals surface area contributed by atoms with Crippen LogP contribution in [0.1, 0.15) is 60.8 Å². The molecule has 4 rings (SSSR count). The molecule has 3 nitrogen and oxygen atoms in total. The van der Waals surface area contributed by atoms with Gasteiger partial charge < -0.3 is 9.47 Å². The van der Waals surface area contributed by atoms with Crippen molar-refractivity contribution in [2.45, 2.75) is 52.0 Å². The molecular weight excluding hydrogens is 272 g/mol. The van der Waals surface area contributed by atoms with E-state index in [1.807, 2.05) is 0 Å². The number of rotatable bonds is 3. The normalized spacial score (nSPS) is 20.5. The molecule has 0 N–H and O–H groups in total. The summed E-state index contributed by atoms with van der Waals surface area (Å²) in [6.07, 6.45) is 5.51. The summed E-state index contributed by atoms with van der Waals surface area (Å²) in [5.74, 6) is 0.255. The lowest BCUT2D eigenvalue weighted by molar-refractivity contribution is 0.0724. The molecule has 3 heteroatoms. The monoisotopic (exact) mass is 296 g/mol. The van der Waals surface area contributed by atoms with E-state index in [-0.39, 0.29) is 5.91 Å². The molecule has 3 heterocycles. The topological polar surface area (TPSA) is 25.2 Å². The quantitative estimate of drug-likeness (QED) is 0.842. The maximum absolute atomic E-state index is 13.1. The Morgan fingerprint density at radius 3 is 2.95 bits per heavy atom. The summed E-state index contributed by atoms with van der Waals surface area (Å²) in [5, 5.41) is 1.32. The van der Waals surface area contributed by atoms with Crippen molar-refractivity contribution >= 4 is 16.8 Å². The number of unbranched alkanes of at least 4 members (excludes halogenated alkanes) is 1. The maximum atomic E-state index is 13.1. The van der Waals surface area contributed by atoms with Gasteiger partial charge in [-0.15, -0.1) is 0 Å². The van der Waals surface area contributed by atoms with Crippen LogP contribution in [0, 0.1) is 0 Å². The smallest absolute Gasteiger partial charge is 0.270 e. The van der Waals surface area contributed by atoms with Crippen LogP contribution in [0.25, 0.3) is 10.9 Å². The molecule has 0 unspecified atom stereocenters. The molecule has 0 saturated carbocycles. The van der Waals surface area contributed by atoms with Crippen molar-refractivity contribution in [3.8, 4) is 0 Å². The van der Waals surface area contributed by atoms with Gasteiger partial charge in [-0.1, -0.05) is 31.5 Å². The van der Waals surface area contributed by atoms with Crippen LogP contribution in [0.5, 0.6) is 0 Å². The molecule has 0 fully saturated rings. The minimum Gasteiger partial charge on any atom is -0.337 e. The van der Waals surface area contributed by atoms with Crippen molar-refractivity contribution in [1.29, 1.82) is 0 Å². The van der Waals surface area contributed by atoms with E-state index in [1.54, 1.807) is 0 Å². The molecule has 1 aromatic heterocycles. The molecule has 1 amide bonds. The molecule has 2 aliphatic heterocycles. The molecule has 2 aliphatic rings. The minimum absolute atomic E-state index is 0.255. The minimum atomic E-state index is 0.255. The number of aromatic nitrogens is 1. The van der Waals surface area contributed by atoms with Crippen LogP contribution in [-0.4, -0.2) is 28.5 Å². The number of fused-ring (bicyclic) bond motifs is 3. The Bertz CT molecular complexity index is 743. The van der Waals surface area contributed by atoms with E-state index in [4.69, 9.17) is 0 Å². The highest BCUT2D eigenvalue weighted by Gasteiger charge is 2.34. The predicted octanol–water partition coefficient (Wildman–Crippen LogP) is 3.95. The Labute approximate surface area is 131 Å². The van der Waals surface area contributed by atoms with Crippen molar-refractivity contribution in [3.63, 3.8) is 0 Å². The molecular formula is C19H24N2O. The zero-order valence-electron chi connectivity index (χ0n) is 13.6. The third-order valence-corrected chi connectivity index (χ3v) is 5.39. The SMILES string of the molecule is CCCCN1CCc2c(n3c4c(cccc24)CC[C@H]3C)C1=O. The zero-order chi connectivity index (χ0) is 15.3. The number of hydrogen-bond donors (Lipinski definition) is 0. The third-order valence-electron chi connectivity index (χ3n) is 5.39. The van der Waals surface area contributed by atoms with E-state index >= 15 is 0 Å². The first-order chi connectivity index (χ1) is 10.7. The standard InChI is InChI=1S/C19H24N2O/c1-3-4-11-20-12-10-16-15-7-5-6-14-9-8-13(2)21(17(14)15)18(16)19(20)22/h5-7,13H,3-4,8-12H2,1-2H3/t13-/m1/s1. The van der Waals surface area contributed by atoms with Gasteiger partial charge in [0, 0.05) is 24.5 Å². The number of nitrogens with zero attached hydrogens (tertiary/aromatic N) is 2. The Kier molecular flexibility index (Phi) is 3.24. The largest absolute Gasteiger partial charge is 0.337 e. The summed E-state index contributed by atoms with van der Waals surface area (Å²) < 4.78 is 2.35. The van der Waals surface area contributed by atoms with Crippen molar-refractivity contribution in [1.82, 2.24) is 9.47 Å². The van der Waals surface area contributed by atoms with E-state index in [0.717, 1.165) is 50.9 Å². The lowest BCUT2D eigenvalue weighted by atomic mass is 9.98. The van der Waals surface area contributed by atoms with Crippen molar-refractivity contribution in [2.24, 2.45) is 0 Å². The van der Waals surface area contributed by atoms with Crippen molar-refractivity contribution in [2.75, 3.05) is 13.1 Å². The van der Waals surface area contributed by atoms with Crippen molar-refractivity contribution in [3.05, 3.63) is 35.0 Å². The first-order valence-corrected chi connectivity index (χ1v) is 8.66. The summed E-state index contributed by atoms with van der Waals surface area (Å²) in [6.45, 7) is 6.22. The van der Waals surface area contributed by atoms with Gasteiger partial charge in [0.1, 0.15) is 5.69 Å². The summed E-state index contributed by atoms with van der Waals surface area (Å²) in [7, 11) is 0. The lowest BCUT2D eigenvalue weighted by Gasteiger charge is -2.30. The Balaban J connectivity index is 1.90. The van der Waals surface area contributed by atoms with E-state index in [9.17, 15) is 4.79 Å². The fraction of sp³-hybridized carbons (Fsp3) is 0.526. The lowest BCUT2D eigenvalue weighted by Crippen LogP contribution is -2.39. The fourth-order valence-electron chi connectivity index (χ4n) is 4.19. The van der Waals surface area contributed by atoms with Crippen LogP contribution >= 0.6 is 0 Å². The zero-order valence-corrected chi connectivity index (χ0v) is 13.6. The molecule has 116 valence electrons. The van der Waals surface area contributed by atoms with Gasteiger partial charge in [0.2, 0.25) is 0 Å². The predicted molar refractivity (Wildman–Crippen MR) is 89.5 cm³/mol. The third kappa shape index (κ3) is 1.84. The molecule has 22 heavy (non-hydrogen) atoms. The number of benzene rings is 1. The van der Waals surface area contributed by atoms with E-state index in [0.29, 0.717) is 6.04 Å². The van der Waals surface area contributed by atoms with Crippen LogP contribution in [0.4, 0.5) is 0 Å². The number of amides is 1. The first kappa shape index (κ1) is 13.9. The number of para-hydroxylation sites is 1. The van der Waals surface area contributed by atoms with Gasteiger partial charge in [0.25, 0.3) is 5.91 Å². The van der Waals surface area contributed by atoms with E-state index < -0.39 is 0 Å². The van der Waals surface area contributed by atoms with E-state index in [2.05, 4.69) is 41.5 Å². The maximum Gasteiger partial charge on any atom is 0.270 e. The number of hydrogen-bond acceptors (Lipinski definition) is 1. The summed E-state index contributed by atoms with van der Waals surface area (Å²) in [6, 6.07) is 7.03. The average molecular weight is 296 g/mol. The van der Waals surface area contributed by atoms with Crippen LogP contribution < -0.4 is 0 Å². The summed E-state index contributed by atoms with van der Waals surface area (Å²) in [5.41, 5.74) is 5.02. The average Bonchev–Trinajstić information content (AvgIpc) is 2.88. The Morgan fingerprint density at radius 1 is 1.27 bits per heavy atom. The van der Waals surface area contributed by atoms with E-state index in [1.165, 1.54) is 22.0 Å². The first-order valence-electron chi connectivity index (χ1n) is 8.66. The summed E-state index contributed by atoms with van der Waals surface area (Å²) in [4.78, 5) is 15.1. The molecule has 1 atom stereocenters. The molecule has 0 bridgehead atoms. The molecule has 0 spiro atoms. The molecule has 2 aromatic rings. The number of aryl methyl sites for hydroxylation is 1. The Morgan fingerprint density at radius 2 is 2.14 bits per heavy atom. The molecule has 0 saturated heterocycles. The highest BCUT2D eigenvalue weighted by molar-refractivity contribution is 6.04. The van der Waals surface area contributed by atoms with Gasteiger partial charge in [-0.05, 0) is 43.7 Å². The van der Waals surface area contributed by atoms with Gasteiger partial charge in [-0.3, -0.25) is 4.79 Å². The highest BCUT2D eigenvalue weighted by Crippen LogP contribution is 2.39. The number of carbonyl (C=O) groups is 1. The van der Waals surface area contributed by atoms with Crippen LogP contribution in [-0.2, 0) is 12.8 Å². The van der Waals surface area contributed by atoms with Gasteiger partial charge in [0.05, 0.1) is 5.52 Å². The molecule has 0 radical (unpaired) electrons. The fourth-order valence-corrected chi connectivity index (χ4v) is 4.19. The Hall–Kier alpha value is -1.77. The van der Waals surface area contributed by atoms with Crippen LogP contribution in [0.15, 0.2) is 18.2 Å². The second-order valence-electron chi connectivity index (χ2n) is 6.79. The highest BCUT2D eigenvalue weighted by atomic mass is 16.2. The van der Waals surface area contributed by atoms with Crippen LogP contribution in [0.3, 0.4) is 0 Å². The van der Waals surface area contributed by atoms with Gasteiger partial charge in [0.15, 0.2) is 0 Å². The van der Waals surface area contributed by atoms with Gasteiger partial charge >= 0.3 is 0 Å². The molecule has 0 aliphatic carbocycles. The van der Waals surface area contributed by atoms with Crippen molar-refractivity contribution < 1.29 is 4.79 Å². The van der Waals surface area contributed by atoms with Gasteiger partial charge in [-0.2, -0.15) is 0 Å². The second-order valence-corrected chi connectivity index (χ2v) is 6.79.